The normalized spacial score (nSPS) is 22.3. The van der Waals surface area contributed by atoms with Gasteiger partial charge in [0.05, 0.1) is 18.6 Å². The van der Waals surface area contributed by atoms with Gasteiger partial charge in [0.2, 0.25) is 23.6 Å². The first-order valence-corrected chi connectivity index (χ1v) is 20.8. The minimum absolute atomic E-state index is 0.101. The van der Waals surface area contributed by atoms with Crippen molar-refractivity contribution in [2.24, 2.45) is 5.92 Å². The summed E-state index contributed by atoms with van der Waals surface area (Å²) < 4.78 is 63.0. The zero-order valence-electron chi connectivity index (χ0n) is 33.1. The highest BCUT2D eigenvalue weighted by atomic mass is 35.5. The second-order valence-electron chi connectivity index (χ2n) is 17.0. The summed E-state index contributed by atoms with van der Waals surface area (Å²) in [7, 11) is 1.57. The van der Waals surface area contributed by atoms with Crippen LogP contribution in [0.1, 0.15) is 83.2 Å². The Morgan fingerprint density at radius 3 is 2.50 bits per heavy atom. The summed E-state index contributed by atoms with van der Waals surface area (Å²) >= 11 is 6.80. The SMILES string of the molecule is COc1nc(O[C@H]2CCc3c(-c4cccc(-c5nc6cc7c(c(C(F)(F)F)c6o5)CC[C@H]7N5CC[C@@H](C(=O)O)C5)c4C)cccc32)c(Cl)cc1CN1CC2(CCC(=O)N2)C1. The van der Waals surface area contributed by atoms with Crippen molar-refractivity contribution in [2.45, 2.75) is 82.3 Å². The fourth-order valence-electron chi connectivity index (χ4n) is 10.5. The van der Waals surface area contributed by atoms with Gasteiger partial charge < -0.3 is 24.3 Å². The maximum Gasteiger partial charge on any atom is 0.420 e. The molecule has 1 spiro atoms. The summed E-state index contributed by atoms with van der Waals surface area (Å²) in [4.78, 5) is 37.1. The van der Waals surface area contributed by atoms with E-state index in [0.29, 0.717) is 73.8 Å². The second-order valence-corrected chi connectivity index (χ2v) is 17.4. The van der Waals surface area contributed by atoms with Crippen molar-refractivity contribution in [3.8, 4) is 34.3 Å². The number of carbonyl (C=O) groups is 2. The van der Waals surface area contributed by atoms with Crippen molar-refractivity contribution in [3.63, 3.8) is 0 Å². The quantitative estimate of drug-likeness (QED) is 0.149. The number of carboxylic acid groups (broad SMARTS) is 1. The first-order chi connectivity index (χ1) is 28.8. The van der Waals surface area contributed by atoms with E-state index in [2.05, 4.69) is 15.2 Å². The average molecular weight is 842 g/mol. The number of aliphatic carboxylic acids is 1. The molecule has 5 heterocycles. The number of likely N-dealkylation sites (tertiary alicyclic amines) is 2. The molecule has 60 heavy (non-hydrogen) atoms. The van der Waals surface area contributed by atoms with Crippen molar-refractivity contribution in [1.82, 2.24) is 25.1 Å². The van der Waals surface area contributed by atoms with Crippen LogP contribution in [0.4, 0.5) is 13.2 Å². The van der Waals surface area contributed by atoms with Crippen LogP contribution in [-0.2, 0) is 35.2 Å². The lowest BCUT2D eigenvalue weighted by atomic mass is 9.88. The number of aromatic nitrogens is 2. The van der Waals surface area contributed by atoms with Crippen LogP contribution in [-0.4, -0.2) is 75.6 Å². The Morgan fingerprint density at radius 2 is 1.77 bits per heavy atom. The topological polar surface area (TPSA) is 130 Å². The molecule has 15 heteroatoms. The molecule has 3 aliphatic heterocycles. The molecule has 3 fully saturated rings. The molecule has 5 aromatic rings. The zero-order valence-corrected chi connectivity index (χ0v) is 33.9. The van der Waals surface area contributed by atoms with E-state index in [9.17, 15) is 27.9 Å². The lowest BCUT2D eigenvalue weighted by Crippen LogP contribution is -2.66. The smallest absolute Gasteiger partial charge is 0.420 e. The number of benzene rings is 3. The summed E-state index contributed by atoms with van der Waals surface area (Å²) in [6.45, 7) is 4.84. The number of ether oxygens (including phenoxy) is 2. The highest BCUT2D eigenvalue weighted by Gasteiger charge is 2.48. The van der Waals surface area contributed by atoms with Crippen LogP contribution in [0, 0.1) is 12.8 Å². The zero-order chi connectivity index (χ0) is 41.7. The van der Waals surface area contributed by atoms with Gasteiger partial charge in [-0.2, -0.15) is 18.2 Å². The van der Waals surface area contributed by atoms with E-state index in [1.165, 1.54) is 0 Å². The fraction of sp³-hybridized carbons (Fsp3) is 0.422. The van der Waals surface area contributed by atoms with Crippen LogP contribution in [0.2, 0.25) is 5.02 Å². The summed E-state index contributed by atoms with van der Waals surface area (Å²) in [6, 6.07) is 15.0. The van der Waals surface area contributed by atoms with Gasteiger partial charge in [0.1, 0.15) is 22.2 Å². The van der Waals surface area contributed by atoms with Gasteiger partial charge in [0.15, 0.2) is 5.58 Å². The highest BCUT2D eigenvalue weighted by Crippen LogP contribution is 2.49. The largest absolute Gasteiger partial charge is 0.481 e. The van der Waals surface area contributed by atoms with Crippen LogP contribution in [0.5, 0.6) is 11.8 Å². The van der Waals surface area contributed by atoms with Gasteiger partial charge in [0, 0.05) is 49.8 Å². The van der Waals surface area contributed by atoms with Gasteiger partial charge in [0.25, 0.3) is 0 Å². The molecule has 3 atom stereocenters. The maximum absolute atomic E-state index is 14.9. The van der Waals surface area contributed by atoms with Crippen molar-refractivity contribution in [3.05, 3.63) is 92.5 Å². The Hall–Kier alpha value is -5.18. The van der Waals surface area contributed by atoms with Gasteiger partial charge in [-0.05, 0) is 109 Å². The molecule has 2 aromatic heterocycles. The Kier molecular flexibility index (Phi) is 9.41. The maximum atomic E-state index is 14.9. The van der Waals surface area contributed by atoms with E-state index in [0.717, 1.165) is 52.9 Å². The van der Waals surface area contributed by atoms with Gasteiger partial charge in [-0.15, -0.1) is 0 Å². The lowest BCUT2D eigenvalue weighted by molar-refractivity contribution is -0.141. The number of oxazole rings is 1. The summed E-state index contributed by atoms with van der Waals surface area (Å²) in [6.07, 6.45) is -1.04. The number of hydrogen-bond acceptors (Lipinski definition) is 9. The minimum Gasteiger partial charge on any atom is -0.481 e. The molecule has 5 aliphatic rings. The van der Waals surface area contributed by atoms with E-state index >= 15 is 0 Å². The number of amides is 1. The van der Waals surface area contributed by atoms with Crippen molar-refractivity contribution >= 4 is 34.6 Å². The van der Waals surface area contributed by atoms with E-state index in [4.69, 9.17) is 30.5 Å². The Labute approximate surface area is 348 Å². The molecule has 312 valence electrons. The number of nitrogens with zero attached hydrogens (tertiary/aromatic N) is 4. The number of halogens is 4. The predicted octanol–water partition coefficient (Wildman–Crippen LogP) is 8.47. The van der Waals surface area contributed by atoms with Gasteiger partial charge in [-0.1, -0.05) is 41.9 Å². The number of carboxylic acids is 1. The molecule has 0 unspecified atom stereocenters. The van der Waals surface area contributed by atoms with E-state index in [-0.39, 0.29) is 58.4 Å². The summed E-state index contributed by atoms with van der Waals surface area (Å²) in [5.41, 5.74) is 5.88. The molecule has 2 aliphatic carbocycles. The Bertz CT molecular complexity index is 2590. The Morgan fingerprint density at radius 1 is 1.00 bits per heavy atom. The average Bonchev–Trinajstić information content (AvgIpc) is 4.05. The summed E-state index contributed by atoms with van der Waals surface area (Å²) in [5, 5.41) is 13.0. The van der Waals surface area contributed by atoms with Crippen molar-refractivity contribution in [2.75, 3.05) is 33.3 Å². The number of carbonyl (C=O) groups excluding carboxylic acids is 1. The molecule has 10 rings (SSSR count). The molecule has 0 saturated carbocycles. The van der Waals surface area contributed by atoms with Crippen molar-refractivity contribution < 1.29 is 41.8 Å². The van der Waals surface area contributed by atoms with Crippen LogP contribution >= 0.6 is 11.6 Å². The molecular weight excluding hydrogens is 799 g/mol. The third kappa shape index (κ3) is 6.58. The molecule has 3 aromatic carbocycles. The summed E-state index contributed by atoms with van der Waals surface area (Å²) in [5.74, 6) is -0.504. The molecule has 2 N–H and O–H groups in total. The second kappa shape index (κ2) is 14.5. The third-order valence-corrected chi connectivity index (χ3v) is 13.6. The number of methoxy groups -OCH3 is 1. The predicted molar refractivity (Wildman–Crippen MR) is 216 cm³/mol. The van der Waals surface area contributed by atoms with E-state index in [1.54, 1.807) is 13.2 Å². The minimum atomic E-state index is -4.68. The fourth-order valence-corrected chi connectivity index (χ4v) is 10.7. The number of pyridine rings is 1. The monoisotopic (exact) mass is 841 g/mol. The van der Waals surface area contributed by atoms with Gasteiger partial charge in [-0.3, -0.25) is 19.4 Å². The molecule has 0 radical (unpaired) electrons. The highest BCUT2D eigenvalue weighted by molar-refractivity contribution is 6.31. The van der Waals surface area contributed by atoms with E-state index < -0.39 is 23.6 Å². The lowest BCUT2D eigenvalue weighted by Gasteiger charge is -2.48. The van der Waals surface area contributed by atoms with Crippen LogP contribution in [0.15, 0.2) is 52.9 Å². The van der Waals surface area contributed by atoms with Crippen LogP contribution in [0.3, 0.4) is 0 Å². The standard InChI is InChI=1S/C45H43ClF3N5O6/c1-23-26(5-3-6-27(23)41-50-34-18-32-31(38(39(34)60-41)45(47,48)49)9-11-35(32)54-16-14-24(20-54)43(56)57)28-7-4-8-30-29(28)10-12-36(30)59-42-33(46)17-25(40(51-42)58-2)19-53-21-44(22-53)15-13-37(55)52-44/h3-8,17-18,24,35-36H,9-16,19-22H2,1-2H3,(H,52,55)(H,56,57)/t24-,35-,36+/m1/s1. The molecular formula is C45H43ClF3N5O6. The number of nitrogens with one attached hydrogen (secondary N) is 1. The number of rotatable bonds is 9. The first kappa shape index (κ1) is 39.0. The first-order valence-electron chi connectivity index (χ1n) is 20.4. The van der Waals surface area contributed by atoms with Crippen LogP contribution in [0.25, 0.3) is 33.7 Å². The van der Waals surface area contributed by atoms with Gasteiger partial charge >= 0.3 is 12.1 Å². The van der Waals surface area contributed by atoms with Crippen molar-refractivity contribution in [1.29, 1.82) is 0 Å². The molecule has 3 saturated heterocycles. The third-order valence-electron chi connectivity index (χ3n) is 13.3. The molecule has 1 amide bonds. The Balaban J connectivity index is 0.922. The van der Waals surface area contributed by atoms with Gasteiger partial charge in [-0.25, -0.2) is 4.98 Å². The number of fused-ring (bicyclic) bond motifs is 3. The molecule has 11 nitrogen and oxygen atoms in total. The van der Waals surface area contributed by atoms with E-state index in [1.807, 2.05) is 54.3 Å². The molecule has 0 bridgehead atoms. The van der Waals surface area contributed by atoms with Crippen LogP contribution < -0.4 is 14.8 Å². The number of hydrogen-bond donors (Lipinski definition) is 2. The number of alkyl halides is 3.